The molecule has 3 nitrogen and oxygen atoms in total. The predicted molar refractivity (Wildman–Crippen MR) is 102 cm³/mol. The van der Waals surface area contributed by atoms with Gasteiger partial charge in [0, 0.05) is 14.7 Å². The smallest absolute Gasteiger partial charge is 0.207 e. The van der Waals surface area contributed by atoms with Crippen molar-refractivity contribution in [1.29, 1.82) is 0 Å². The molecule has 3 aromatic carbocycles. The van der Waals surface area contributed by atoms with Crippen LogP contribution in [0, 0.1) is 0 Å². The molecule has 25 heavy (non-hydrogen) atoms. The molecule has 130 valence electrons. The first kappa shape index (κ1) is 17.7. The average molecular weight is 373 g/mol. The summed E-state index contributed by atoms with van der Waals surface area (Å²) >= 11 is 0. The number of hydrogen-bond donors (Lipinski definition) is 0. The third-order valence-corrected chi connectivity index (χ3v) is 8.95. The molecule has 0 unspecified atom stereocenters. The van der Waals surface area contributed by atoms with Crippen molar-refractivity contribution in [3.8, 4) is 0 Å². The van der Waals surface area contributed by atoms with Crippen LogP contribution in [0.5, 0.6) is 0 Å². The first-order chi connectivity index (χ1) is 12.1. The van der Waals surface area contributed by atoms with E-state index in [0.29, 0.717) is 0 Å². The van der Waals surface area contributed by atoms with Crippen molar-refractivity contribution in [3.05, 3.63) is 91.0 Å². The lowest BCUT2D eigenvalue weighted by Gasteiger charge is -2.39. The zero-order valence-corrected chi connectivity index (χ0v) is 15.5. The van der Waals surface area contributed by atoms with E-state index in [0.717, 1.165) is 14.7 Å². The SMILES string of the molecule is CCS(=O)(=O)OS(c1ccccc1)(c1ccccc1)c1ccccc1. The average Bonchev–Trinajstić information content (AvgIpc) is 2.68. The van der Waals surface area contributed by atoms with Crippen molar-refractivity contribution in [2.45, 2.75) is 21.6 Å². The summed E-state index contributed by atoms with van der Waals surface area (Å²) in [6.45, 7) is 1.60. The Morgan fingerprint density at radius 3 is 1.24 bits per heavy atom. The van der Waals surface area contributed by atoms with Gasteiger partial charge in [-0.1, -0.05) is 54.6 Å². The maximum absolute atomic E-state index is 12.5. The van der Waals surface area contributed by atoms with Crippen molar-refractivity contribution in [1.82, 2.24) is 0 Å². The molecule has 0 radical (unpaired) electrons. The minimum Gasteiger partial charge on any atom is -0.207 e. The van der Waals surface area contributed by atoms with Crippen molar-refractivity contribution >= 4 is 20.4 Å². The predicted octanol–water partition coefficient (Wildman–Crippen LogP) is 5.25. The topological polar surface area (TPSA) is 43.4 Å². The second-order valence-corrected chi connectivity index (χ2v) is 10.2. The summed E-state index contributed by atoms with van der Waals surface area (Å²) in [4.78, 5) is 2.55. The first-order valence-corrected chi connectivity index (χ1v) is 11.1. The third kappa shape index (κ3) is 3.63. The van der Waals surface area contributed by atoms with Crippen LogP contribution in [-0.2, 0) is 13.7 Å². The highest BCUT2D eigenvalue weighted by Gasteiger charge is 2.36. The fraction of sp³-hybridized carbons (Fsp3) is 0.100. The summed E-state index contributed by atoms with van der Waals surface area (Å²) in [5.41, 5.74) is 0. The molecule has 0 N–H and O–H groups in total. The maximum Gasteiger partial charge on any atom is 0.277 e. The van der Waals surface area contributed by atoms with Gasteiger partial charge in [0.25, 0.3) is 10.1 Å². The molecular weight excluding hydrogens is 352 g/mol. The minimum absolute atomic E-state index is 0.0751. The molecule has 0 saturated carbocycles. The van der Waals surface area contributed by atoms with E-state index in [1.165, 1.54) is 0 Å². The molecule has 0 saturated heterocycles. The van der Waals surface area contributed by atoms with E-state index in [1.807, 2.05) is 91.0 Å². The van der Waals surface area contributed by atoms with E-state index in [4.69, 9.17) is 3.63 Å². The molecule has 5 heteroatoms. The molecular formula is C20H20O3S2. The van der Waals surface area contributed by atoms with E-state index < -0.39 is 20.4 Å². The highest BCUT2D eigenvalue weighted by Crippen LogP contribution is 2.69. The monoisotopic (exact) mass is 372 g/mol. The number of rotatable bonds is 6. The number of hydrogen-bond acceptors (Lipinski definition) is 3. The fourth-order valence-electron chi connectivity index (χ4n) is 2.57. The molecule has 0 bridgehead atoms. The molecule has 0 spiro atoms. The Morgan fingerprint density at radius 2 is 0.960 bits per heavy atom. The van der Waals surface area contributed by atoms with E-state index in [1.54, 1.807) is 6.92 Å². The lowest BCUT2D eigenvalue weighted by molar-refractivity contribution is 0.510. The van der Waals surface area contributed by atoms with Gasteiger partial charge in [-0.3, -0.25) is 0 Å². The molecule has 0 aromatic heterocycles. The summed E-state index contributed by atoms with van der Waals surface area (Å²) in [6.07, 6.45) is 0. The Bertz CT molecular complexity index is 812. The molecule has 0 atom stereocenters. The van der Waals surface area contributed by atoms with Crippen molar-refractivity contribution < 1.29 is 12.0 Å². The lowest BCUT2D eigenvalue weighted by Crippen LogP contribution is -2.15. The molecule has 0 aliphatic rings. The Labute approximate surface area is 150 Å². The summed E-state index contributed by atoms with van der Waals surface area (Å²) in [5, 5.41) is 0. The Hall–Kier alpha value is -2.08. The molecule has 3 aromatic rings. The van der Waals surface area contributed by atoms with Gasteiger partial charge in [-0.25, -0.2) is 3.63 Å². The van der Waals surface area contributed by atoms with Crippen LogP contribution in [0.2, 0.25) is 0 Å². The van der Waals surface area contributed by atoms with Crippen LogP contribution in [0.1, 0.15) is 6.92 Å². The van der Waals surface area contributed by atoms with E-state index >= 15 is 0 Å². The molecule has 3 rings (SSSR count). The van der Waals surface area contributed by atoms with Gasteiger partial charge in [0.15, 0.2) is 0 Å². The zero-order valence-electron chi connectivity index (χ0n) is 13.9. The van der Waals surface area contributed by atoms with Gasteiger partial charge in [-0.05, 0) is 53.6 Å². The third-order valence-electron chi connectivity index (χ3n) is 3.78. The standard InChI is InChI=1S/C20H20O3S2/c1-2-24(21,22)23-25(18-12-6-3-7-13-18,19-14-8-4-9-15-19)20-16-10-5-11-17-20/h3-17H,2H2,1H3. The summed E-state index contributed by atoms with van der Waals surface area (Å²) in [7, 11) is -6.07. The van der Waals surface area contributed by atoms with Gasteiger partial charge >= 0.3 is 0 Å². The molecule has 0 aliphatic carbocycles. The largest absolute Gasteiger partial charge is 0.277 e. The normalized spacial score (nSPS) is 12.7. The second kappa shape index (κ2) is 7.44. The summed E-state index contributed by atoms with van der Waals surface area (Å²) in [6, 6.07) is 28.8. The Morgan fingerprint density at radius 1 is 0.640 bits per heavy atom. The van der Waals surface area contributed by atoms with Crippen LogP contribution in [0.15, 0.2) is 106 Å². The molecule has 0 aliphatic heterocycles. The van der Waals surface area contributed by atoms with Gasteiger partial charge in [-0.2, -0.15) is 8.42 Å². The van der Waals surface area contributed by atoms with E-state index in [9.17, 15) is 8.42 Å². The molecule has 0 fully saturated rings. The van der Waals surface area contributed by atoms with Crippen LogP contribution in [0.4, 0.5) is 0 Å². The Kier molecular flexibility index (Phi) is 5.27. The Balaban J connectivity index is 2.36. The zero-order chi connectivity index (χ0) is 17.8. The van der Waals surface area contributed by atoms with Crippen molar-refractivity contribution in [2.75, 3.05) is 5.75 Å². The molecule has 0 heterocycles. The highest BCUT2D eigenvalue weighted by atomic mass is 32.3. The van der Waals surface area contributed by atoms with Crippen LogP contribution in [0.3, 0.4) is 0 Å². The first-order valence-electron chi connectivity index (χ1n) is 8.01. The second-order valence-electron chi connectivity index (χ2n) is 5.41. The van der Waals surface area contributed by atoms with Crippen LogP contribution in [-0.4, -0.2) is 14.2 Å². The number of benzene rings is 3. The van der Waals surface area contributed by atoms with Gasteiger partial charge < -0.3 is 0 Å². The van der Waals surface area contributed by atoms with Gasteiger partial charge in [0.1, 0.15) is 0 Å². The van der Waals surface area contributed by atoms with Crippen molar-refractivity contribution in [2.24, 2.45) is 0 Å². The van der Waals surface area contributed by atoms with Gasteiger partial charge in [0.05, 0.1) is 5.75 Å². The highest BCUT2D eigenvalue weighted by molar-refractivity contribution is 8.33. The minimum atomic E-state index is -3.68. The van der Waals surface area contributed by atoms with Gasteiger partial charge in [-0.15, -0.1) is 0 Å². The van der Waals surface area contributed by atoms with Crippen LogP contribution in [0.25, 0.3) is 0 Å². The van der Waals surface area contributed by atoms with E-state index in [-0.39, 0.29) is 5.75 Å². The quantitative estimate of drug-likeness (QED) is 0.593. The fourth-order valence-corrected chi connectivity index (χ4v) is 7.58. The van der Waals surface area contributed by atoms with Gasteiger partial charge in [0.2, 0.25) is 0 Å². The van der Waals surface area contributed by atoms with Crippen LogP contribution >= 0.6 is 10.3 Å². The van der Waals surface area contributed by atoms with E-state index in [2.05, 4.69) is 0 Å². The summed E-state index contributed by atoms with van der Waals surface area (Å²) < 4.78 is 31.1. The lowest BCUT2D eigenvalue weighted by atomic mass is 10.4. The summed E-state index contributed by atoms with van der Waals surface area (Å²) in [5.74, 6) is -0.0751. The van der Waals surface area contributed by atoms with Crippen molar-refractivity contribution in [3.63, 3.8) is 0 Å². The van der Waals surface area contributed by atoms with Crippen LogP contribution < -0.4 is 0 Å². The maximum atomic E-state index is 12.5. The molecule has 0 amide bonds.